The molecular formula is C20H23F4NO6. The van der Waals surface area contributed by atoms with E-state index in [0.717, 1.165) is 12.1 Å². The minimum absolute atomic E-state index is 0.0363. The second kappa shape index (κ2) is 9.57. The number of hydroxylamine groups is 2. The van der Waals surface area contributed by atoms with Crippen LogP contribution in [0.2, 0.25) is 0 Å². The highest BCUT2D eigenvalue weighted by Crippen LogP contribution is 2.33. The quantitative estimate of drug-likeness (QED) is 0.502. The molecule has 1 aliphatic rings. The van der Waals surface area contributed by atoms with Crippen molar-refractivity contribution in [1.82, 2.24) is 5.06 Å². The highest BCUT2D eigenvalue weighted by atomic mass is 19.4. The maximum atomic E-state index is 14.5. The van der Waals surface area contributed by atoms with Crippen LogP contribution in [0.3, 0.4) is 0 Å². The number of carbonyl (C=O) groups excluding carboxylic acids is 1. The van der Waals surface area contributed by atoms with E-state index in [9.17, 15) is 27.2 Å². The fourth-order valence-electron chi connectivity index (χ4n) is 2.88. The van der Waals surface area contributed by atoms with E-state index in [1.807, 2.05) is 0 Å². The van der Waals surface area contributed by atoms with Crippen LogP contribution in [0, 0.1) is 5.82 Å². The van der Waals surface area contributed by atoms with Crippen LogP contribution in [0.1, 0.15) is 39.2 Å². The van der Waals surface area contributed by atoms with Gasteiger partial charge in [0.1, 0.15) is 23.5 Å². The van der Waals surface area contributed by atoms with Crippen molar-refractivity contribution in [2.75, 3.05) is 13.2 Å². The molecule has 172 valence electrons. The molecule has 1 unspecified atom stereocenters. The summed E-state index contributed by atoms with van der Waals surface area (Å²) in [5, 5.41) is 10.3. The van der Waals surface area contributed by atoms with Crippen molar-refractivity contribution in [3.05, 3.63) is 29.2 Å². The lowest BCUT2D eigenvalue weighted by molar-refractivity contribution is -0.217. The molecule has 1 saturated heterocycles. The van der Waals surface area contributed by atoms with Gasteiger partial charge in [-0.15, -0.1) is 0 Å². The average Bonchev–Trinajstić information content (AvgIpc) is 2.61. The van der Waals surface area contributed by atoms with Gasteiger partial charge < -0.3 is 14.6 Å². The average molecular weight is 449 g/mol. The third kappa shape index (κ3) is 7.76. The summed E-state index contributed by atoms with van der Waals surface area (Å²) >= 11 is 0. The number of piperidine rings is 1. The normalized spacial score (nSPS) is 17.3. The van der Waals surface area contributed by atoms with E-state index in [0.29, 0.717) is 6.42 Å². The number of ether oxygens (including phenoxy) is 2. The summed E-state index contributed by atoms with van der Waals surface area (Å²) in [5.74, 6) is -1.42. The van der Waals surface area contributed by atoms with Crippen molar-refractivity contribution in [1.29, 1.82) is 0 Å². The Hall–Kier alpha value is -2.78. The molecule has 1 aliphatic heterocycles. The summed E-state index contributed by atoms with van der Waals surface area (Å²) in [7, 11) is 0. The van der Waals surface area contributed by atoms with Crippen LogP contribution in [0.4, 0.5) is 17.6 Å². The molecule has 0 aliphatic carbocycles. The predicted molar refractivity (Wildman–Crippen MR) is 99.7 cm³/mol. The van der Waals surface area contributed by atoms with Gasteiger partial charge in [-0.3, -0.25) is 9.63 Å². The molecule has 1 fully saturated rings. The van der Waals surface area contributed by atoms with E-state index in [4.69, 9.17) is 14.7 Å². The van der Waals surface area contributed by atoms with E-state index >= 15 is 0 Å². The van der Waals surface area contributed by atoms with E-state index in [-0.39, 0.29) is 24.2 Å². The van der Waals surface area contributed by atoms with E-state index in [1.165, 1.54) is 5.06 Å². The summed E-state index contributed by atoms with van der Waals surface area (Å²) in [6, 6.07) is 1.66. The highest BCUT2D eigenvalue weighted by Gasteiger charge is 2.31. The maximum absolute atomic E-state index is 14.5. The topological polar surface area (TPSA) is 85.3 Å². The molecule has 7 nitrogen and oxygen atoms in total. The summed E-state index contributed by atoms with van der Waals surface area (Å²) in [6.07, 6.45) is -5.71. The predicted octanol–water partition coefficient (Wildman–Crippen LogP) is 3.68. The van der Waals surface area contributed by atoms with Crippen molar-refractivity contribution in [3.63, 3.8) is 0 Å². The molecule has 1 N–H and O–H groups in total. The van der Waals surface area contributed by atoms with Gasteiger partial charge >= 0.3 is 12.1 Å². The fraction of sp³-hybridized carbons (Fsp3) is 0.550. The second-order valence-electron chi connectivity index (χ2n) is 7.95. The van der Waals surface area contributed by atoms with Gasteiger partial charge in [0.2, 0.25) is 0 Å². The largest absolute Gasteiger partial charge is 0.487 e. The minimum Gasteiger partial charge on any atom is -0.487 e. The molecule has 0 saturated carbocycles. The number of nitrogens with zero attached hydrogens (tertiary/aromatic N) is 1. The van der Waals surface area contributed by atoms with Crippen molar-refractivity contribution in [2.45, 2.75) is 57.9 Å². The van der Waals surface area contributed by atoms with E-state index in [1.54, 1.807) is 26.7 Å². The van der Waals surface area contributed by atoms with Gasteiger partial charge in [-0.2, -0.15) is 13.2 Å². The number of aliphatic carboxylic acids is 1. The summed E-state index contributed by atoms with van der Waals surface area (Å²) in [6.45, 7) is 3.98. The Morgan fingerprint density at radius 3 is 2.48 bits per heavy atom. The Labute approximate surface area is 176 Å². The monoisotopic (exact) mass is 449 g/mol. The molecule has 1 heterocycles. The SMILES string of the molecule is CC(C)(C)ON1CCC(Oc2cc(OCC(F)(F)F)c(CC(=O)O)cc2F)CC1=C=O. The van der Waals surface area contributed by atoms with Crippen molar-refractivity contribution in [3.8, 4) is 11.5 Å². The number of carboxylic acids is 1. The Morgan fingerprint density at radius 2 is 1.94 bits per heavy atom. The van der Waals surface area contributed by atoms with E-state index in [2.05, 4.69) is 4.74 Å². The Kier molecular flexibility index (Phi) is 7.56. The second-order valence-corrected chi connectivity index (χ2v) is 7.95. The Morgan fingerprint density at radius 1 is 1.26 bits per heavy atom. The zero-order valence-corrected chi connectivity index (χ0v) is 17.2. The molecule has 31 heavy (non-hydrogen) atoms. The molecule has 2 rings (SSSR count). The number of rotatable bonds is 7. The lowest BCUT2D eigenvalue weighted by Gasteiger charge is -2.36. The minimum atomic E-state index is -4.67. The first kappa shape index (κ1) is 24.5. The highest BCUT2D eigenvalue weighted by molar-refractivity contribution is 5.71. The van der Waals surface area contributed by atoms with Crippen LogP contribution in [0.25, 0.3) is 0 Å². The van der Waals surface area contributed by atoms with Gasteiger partial charge in [0.05, 0.1) is 12.0 Å². The lowest BCUT2D eigenvalue weighted by atomic mass is 10.1. The third-order valence-electron chi connectivity index (χ3n) is 4.02. The Bertz CT molecular complexity index is 858. The summed E-state index contributed by atoms with van der Waals surface area (Å²) in [5.41, 5.74) is -0.668. The summed E-state index contributed by atoms with van der Waals surface area (Å²) in [4.78, 5) is 27.9. The molecule has 0 spiro atoms. The zero-order chi connectivity index (χ0) is 23.4. The first-order valence-electron chi connectivity index (χ1n) is 9.38. The standard InChI is InChI=1S/C20H23F4NO6/c1-19(2,3)31-25-5-4-14(8-13(25)10-26)30-17-9-16(29-11-20(22,23)24)12(6-15(17)21)7-18(27)28/h6,9,14H,4-5,7-8,11H2,1-3H3,(H,27,28). The molecule has 1 aromatic rings. The molecule has 11 heteroatoms. The molecule has 1 atom stereocenters. The van der Waals surface area contributed by atoms with Crippen LogP contribution < -0.4 is 9.47 Å². The smallest absolute Gasteiger partial charge is 0.422 e. The van der Waals surface area contributed by atoms with Crippen molar-refractivity contribution >= 4 is 11.9 Å². The molecule has 0 bridgehead atoms. The van der Waals surface area contributed by atoms with Crippen LogP contribution in [0.5, 0.6) is 11.5 Å². The molecule has 0 aromatic heterocycles. The van der Waals surface area contributed by atoms with E-state index < -0.39 is 54.2 Å². The molecule has 1 aromatic carbocycles. The van der Waals surface area contributed by atoms with Gasteiger partial charge in [0, 0.05) is 31.0 Å². The lowest BCUT2D eigenvalue weighted by Crippen LogP contribution is -2.41. The van der Waals surface area contributed by atoms with Crippen molar-refractivity contribution < 1.29 is 46.6 Å². The first-order valence-corrected chi connectivity index (χ1v) is 9.38. The van der Waals surface area contributed by atoms with Crippen LogP contribution in [-0.4, -0.2) is 53.1 Å². The number of carbonyl (C=O) groups is 1. The molecule has 0 amide bonds. The summed E-state index contributed by atoms with van der Waals surface area (Å²) < 4.78 is 62.3. The number of halogens is 4. The molecular weight excluding hydrogens is 426 g/mol. The zero-order valence-electron chi connectivity index (χ0n) is 17.2. The van der Waals surface area contributed by atoms with Gasteiger partial charge in [0.25, 0.3) is 0 Å². The van der Waals surface area contributed by atoms with Crippen LogP contribution in [-0.2, 0) is 20.8 Å². The maximum Gasteiger partial charge on any atom is 0.422 e. The van der Waals surface area contributed by atoms with Gasteiger partial charge in [-0.25, -0.2) is 14.2 Å². The number of hydrogen-bond donors (Lipinski definition) is 1. The number of hydrogen-bond acceptors (Lipinski definition) is 6. The van der Waals surface area contributed by atoms with Crippen LogP contribution in [0.15, 0.2) is 17.8 Å². The third-order valence-corrected chi connectivity index (χ3v) is 4.02. The Balaban J connectivity index is 2.20. The van der Waals surface area contributed by atoms with Gasteiger partial charge in [-0.05, 0) is 26.8 Å². The fourth-order valence-corrected chi connectivity index (χ4v) is 2.88. The number of alkyl halides is 3. The van der Waals surface area contributed by atoms with Crippen molar-refractivity contribution in [2.24, 2.45) is 0 Å². The first-order chi connectivity index (χ1) is 14.3. The molecule has 0 radical (unpaired) electrons. The van der Waals surface area contributed by atoms with Gasteiger partial charge in [-0.1, -0.05) is 0 Å². The van der Waals surface area contributed by atoms with Crippen LogP contribution >= 0.6 is 0 Å². The number of benzene rings is 1. The number of carboxylic acid groups (broad SMARTS) is 1. The van der Waals surface area contributed by atoms with Gasteiger partial charge in [0.15, 0.2) is 18.2 Å².